The van der Waals surface area contributed by atoms with E-state index in [1.807, 2.05) is 41.4 Å². The highest BCUT2D eigenvalue weighted by atomic mass is 16.2. The Hall–Kier alpha value is -5.10. The molecule has 0 bridgehead atoms. The number of aromatic amines is 1. The summed E-state index contributed by atoms with van der Waals surface area (Å²) in [7, 11) is 0. The molecule has 3 aromatic heterocycles. The molecule has 1 unspecified atom stereocenters. The van der Waals surface area contributed by atoms with Crippen LogP contribution in [0.3, 0.4) is 0 Å². The Labute approximate surface area is 272 Å². The quantitative estimate of drug-likeness (QED) is 0.197. The van der Waals surface area contributed by atoms with Gasteiger partial charge in [0, 0.05) is 79.0 Å². The lowest BCUT2D eigenvalue weighted by Crippen LogP contribution is -2.52. The second kappa shape index (κ2) is 13.3. The van der Waals surface area contributed by atoms with Crippen molar-refractivity contribution in [2.75, 3.05) is 56.0 Å². The molecule has 12 heteroatoms. The smallest absolute Gasteiger partial charge is 0.249 e. The average Bonchev–Trinajstić information content (AvgIpc) is 3.53. The first kappa shape index (κ1) is 30.5. The number of aldehydes is 1. The number of benzene rings is 1. The Morgan fingerprint density at radius 2 is 1.68 bits per heavy atom. The van der Waals surface area contributed by atoms with Crippen molar-refractivity contribution in [3.63, 3.8) is 0 Å². The van der Waals surface area contributed by atoms with E-state index in [1.54, 1.807) is 12.4 Å². The molecular formula is C35H38N8O4. The molecule has 3 saturated heterocycles. The lowest BCUT2D eigenvalue weighted by atomic mass is 9.89. The number of hydrogen-bond acceptors (Lipinski definition) is 9. The second-order valence-corrected chi connectivity index (χ2v) is 12.6. The van der Waals surface area contributed by atoms with Crippen LogP contribution in [0.25, 0.3) is 22.2 Å². The van der Waals surface area contributed by atoms with E-state index in [1.165, 1.54) is 5.56 Å². The van der Waals surface area contributed by atoms with E-state index in [0.29, 0.717) is 49.6 Å². The van der Waals surface area contributed by atoms with Gasteiger partial charge in [0.2, 0.25) is 17.7 Å². The molecule has 3 aliphatic rings. The summed E-state index contributed by atoms with van der Waals surface area (Å²) in [5, 5.41) is 6.41. The van der Waals surface area contributed by atoms with Crippen molar-refractivity contribution in [3.8, 4) is 11.1 Å². The van der Waals surface area contributed by atoms with Gasteiger partial charge in [0.1, 0.15) is 17.5 Å². The molecule has 7 rings (SSSR count). The lowest BCUT2D eigenvalue weighted by molar-refractivity contribution is -0.134. The number of anilines is 2. The van der Waals surface area contributed by atoms with Gasteiger partial charge in [0.05, 0.1) is 6.54 Å². The molecule has 3 fully saturated rings. The third-order valence-corrected chi connectivity index (χ3v) is 9.64. The molecule has 0 saturated carbocycles. The molecule has 3 N–H and O–H groups in total. The number of amides is 3. The Bertz CT molecular complexity index is 1770. The molecular weight excluding hydrogens is 596 g/mol. The maximum atomic E-state index is 13.2. The topological polar surface area (TPSA) is 144 Å². The minimum absolute atomic E-state index is 0.178. The number of nitrogens with one attached hydrogen (secondary N) is 3. The first-order valence-electron chi connectivity index (χ1n) is 16.3. The van der Waals surface area contributed by atoms with E-state index in [0.717, 1.165) is 73.3 Å². The average molecular weight is 635 g/mol. The minimum Gasteiger partial charge on any atom is -0.374 e. The van der Waals surface area contributed by atoms with E-state index in [4.69, 9.17) is 4.98 Å². The predicted octanol–water partition coefficient (Wildman–Crippen LogP) is 3.18. The van der Waals surface area contributed by atoms with Gasteiger partial charge in [-0.15, -0.1) is 0 Å². The minimum atomic E-state index is -0.388. The third-order valence-electron chi connectivity index (χ3n) is 9.64. The summed E-state index contributed by atoms with van der Waals surface area (Å²) < 4.78 is 0. The fraction of sp³-hybridized carbons (Fsp3) is 0.371. The van der Waals surface area contributed by atoms with Gasteiger partial charge in [-0.3, -0.25) is 29.4 Å². The fourth-order valence-electron chi connectivity index (χ4n) is 6.81. The summed E-state index contributed by atoms with van der Waals surface area (Å²) in [5.41, 5.74) is 5.24. The molecule has 12 nitrogen and oxygen atoms in total. The zero-order valence-electron chi connectivity index (χ0n) is 26.2. The van der Waals surface area contributed by atoms with Crippen molar-refractivity contribution in [1.82, 2.24) is 30.1 Å². The summed E-state index contributed by atoms with van der Waals surface area (Å²) in [5.74, 6) is 1.02. The number of piperazine rings is 1. The Balaban J connectivity index is 0.856. The van der Waals surface area contributed by atoms with Crippen LogP contribution in [0.4, 0.5) is 11.5 Å². The van der Waals surface area contributed by atoms with Gasteiger partial charge in [0.15, 0.2) is 6.29 Å². The number of carbonyl (C=O) groups excluding carboxylic acids is 4. The maximum Gasteiger partial charge on any atom is 0.249 e. The van der Waals surface area contributed by atoms with Crippen molar-refractivity contribution < 1.29 is 19.2 Å². The van der Waals surface area contributed by atoms with Crippen LogP contribution < -0.4 is 15.5 Å². The second-order valence-electron chi connectivity index (χ2n) is 12.6. The number of likely N-dealkylation sites (tertiary alicyclic amines) is 1. The molecule has 47 heavy (non-hydrogen) atoms. The molecule has 3 aliphatic heterocycles. The fourth-order valence-corrected chi connectivity index (χ4v) is 6.81. The molecule has 0 spiro atoms. The summed E-state index contributed by atoms with van der Waals surface area (Å²) in [4.78, 5) is 66.6. The first-order chi connectivity index (χ1) is 22.9. The molecule has 1 aromatic carbocycles. The summed E-state index contributed by atoms with van der Waals surface area (Å²) in [6.45, 7) is 5.00. The Morgan fingerprint density at radius 1 is 0.915 bits per heavy atom. The lowest BCUT2D eigenvalue weighted by Gasteiger charge is -2.37. The predicted molar refractivity (Wildman–Crippen MR) is 178 cm³/mol. The van der Waals surface area contributed by atoms with Crippen LogP contribution in [-0.4, -0.2) is 101 Å². The van der Waals surface area contributed by atoms with Crippen LogP contribution >= 0.6 is 0 Å². The van der Waals surface area contributed by atoms with Crippen LogP contribution in [0.1, 0.15) is 47.5 Å². The number of aromatic nitrogens is 3. The Kier molecular flexibility index (Phi) is 8.66. The van der Waals surface area contributed by atoms with Crippen molar-refractivity contribution in [1.29, 1.82) is 0 Å². The number of piperidine rings is 2. The number of fused-ring (bicyclic) bond motifs is 1. The maximum absolute atomic E-state index is 13.2. The number of rotatable bonds is 8. The number of H-pyrrole nitrogens is 1. The van der Waals surface area contributed by atoms with Gasteiger partial charge >= 0.3 is 0 Å². The van der Waals surface area contributed by atoms with Crippen molar-refractivity contribution in [2.24, 2.45) is 0 Å². The SMILES string of the molecule is O=Cc1c[nH]c2ncc(-c3ccc(N4CCN(C(=O)CN5CCC(c6ccc(NC7CCC(=O)NC7=O)cc6)CC5)CC4)nc3)cc12. The molecule has 242 valence electrons. The number of imide groups is 1. The molecule has 4 aromatic rings. The van der Waals surface area contributed by atoms with E-state index in [9.17, 15) is 19.2 Å². The van der Waals surface area contributed by atoms with Crippen LogP contribution in [0.2, 0.25) is 0 Å². The monoisotopic (exact) mass is 634 g/mol. The number of pyridine rings is 2. The molecule has 3 amide bonds. The van der Waals surface area contributed by atoms with Gasteiger partial charge < -0.3 is 20.1 Å². The highest BCUT2D eigenvalue weighted by Crippen LogP contribution is 2.30. The number of carbonyl (C=O) groups is 4. The van der Waals surface area contributed by atoms with Gasteiger partial charge in [-0.2, -0.15) is 0 Å². The standard InChI is InChI=1S/C35H38N8O4/c44-22-27-20-38-34-29(27)17-26(19-37-34)25-3-7-31(36-18-25)42-13-15-43(16-14-42)33(46)21-41-11-9-24(10-12-41)23-1-4-28(5-2-23)39-30-6-8-32(45)40-35(30)47/h1-5,7,17-20,22,24,30,39H,6,8-16,21H2,(H,37,38)(H,40,45,47). The van der Waals surface area contributed by atoms with Crippen LogP contribution in [0.5, 0.6) is 0 Å². The van der Waals surface area contributed by atoms with Gasteiger partial charge in [-0.25, -0.2) is 9.97 Å². The molecule has 6 heterocycles. The molecule has 1 atom stereocenters. The summed E-state index contributed by atoms with van der Waals surface area (Å²) >= 11 is 0. The van der Waals surface area contributed by atoms with Crippen LogP contribution in [0.15, 0.2) is 61.1 Å². The van der Waals surface area contributed by atoms with E-state index in [-0.39, 0.29) is 23.8 Å². The van der Waals surface area contributed by atoms with Gasteiger partial charge in [-0.05, 0) is 74.2 Å². The van der Waals surface area contributed by atoms with Crippen molar-refractivity contribution >= 4 is 46.5 Å². The van der Waals surface area contributed by atoms with Crippen molar-refractivity contribution in [2.45, 2.75) is 37.6 Å². The normalized spacial score (nSPS) is 19.5. The highest BCUT2D eigenvalue weighted by Gasteiger charge is 2.28. The first-order valence-corrected chi connectivity index (χ1v) is 16.3. The zero-order valence-corrected chi connectivity index (χ0v) is 26.2. The van der Waals surface area contributed by atoms with Crippen molar-refractivity contribution in [3.05, 3.63) is 72.2 Å². The molecule has 0 radical (unpaired) electrons. The van der Waals surface area contributed by atoms with E-state index in [2.05, 4.69) is 42.5 Å². The zero-order chi connectivity index (χ0) is 32.3. The summed E-state index contributed by atoms with van der Waals surface area (Å²) in [6.07, 6.45) is 8.95. The largest absolute Gasteiger partial charge is 0.374 e. The number of hydrogen-bond donors (Lipinski definition) is 3. The van der Waals surface area contributed by atoms with Crippen LogP contribution in [0, 0.1) is 0 Å². The van der Waals surface area contributed by atoms with Gasteiger partial charge in [0.25, 0.3) is 0 Å². The highest BCUT2D eigenvalue weighted by molar-refractivity contribution is 6.01. The third kappa shape index (κ3) is 6.73. The number of nitrogens with zero attached hydrogens (tertiary/aromatic N) is 5. The van der Waals surface area contributed by atoms with E-state index >= 15 is 0 Å². The Morgan fingerprint density at radius 3 is 2.38 bits per heavy atom. The van der Waals surface area contributed by atoms with E-state index < -0.39 is 0 Å². The molecule has 0 aliphatic carbocycles. The van der Waals surface area contributed by atoms with Crippen LogP contribution in [-0.2, 0) is 14.4 Å². The van der Waals surface area contributed by atoms with Gasteiger partial charge in [-0.1, -0.05) is 12.1 Å². The summed E-state index contributed by atoms with van der Waals surface area (Å²) in [6, 6.07) is 13.8.